The molecule has 0 aliphatic rings. The van der Waals surface area contributed by atoms with Crippen molar-refractivity contribution in [2.24, 2.45) is 5.73 Å². The minimum atomic E-state index is -1.16. The highest BCUT2D eigenvalue weighted by Crippen LogP contribution is 2.14. The number of hydrogen-bond donors (Lipinski definition) is 5. The largest absolute Gasteiger partial charge is 0.480 e. The standard InChI is InChI=1S/C35H66N4O10/c1-2-3-4-5-6-7-8-9-10-11-12-13-14-15-16-17-33(42)39-30(35(44)45)18-19-32(41)37-20-22-46-25-27-49-29-34(43)38-21-23-47-24-26-48-28-31(36)40/h30H,2-29H2,1H3,(H2,36,40)(H,37,41)(H,38,43)(H,39,42)(H,44,45). The maximum absolute atomic E-state index is 12.3. The lowest BCUT2D eigenvalue weighted by Gasteiger charge is -2.14. The van der Waals surface area contributed by atoms with Crippen molar-refractivity contribution in [2.45, 2.75) is 129 Å². The number of aliphatic carboxylic acids is 1. The summed E-state index contributed by atoms with van der Waals surface area (Å²) in [6.07, 6.45) is 18.8. The average molecular weight is 703 g/mol. The average Bonchev–Trinajstić information content (AvgIpc) is 3.06. The van der Waals surface area contributed by atoms with Crippen molar-refractivity contribution in [2.75, 3.05) is 65.9 Å². The summed E-state index contributed by atoms with van der Waals surface area (Å²) in [7, 11) is 0. The molecule has 0 aromatic heterocycles. The van der Waals surface area contributed by atoms with E-state index in [2.05, 4.69) is 22.9 Å². The summed E-state index contributed by atoms with van der Waals surface area (Å²) >= 11 is 0. The minimum Gasteiger partial charge on any atom is -0.480 e. The molecular formula is C35H66N4O10. The lowest BCUT2D eigenvalue weighted by Crippen LogP contribution is -2.41. The van der Waals surface area contributed by atoms with Gasteiger partial charge >= 0.3 is 5.97 Å². The maximum Gasteiger partial charge on any atom is 0.326 e. The van der Waals surface area contributed by atoms with Crippen LogP contribution in [0.1, 0.15) is 122 Å². The van der Waals surface area contributed by atoms with Gasteiger partial charge in [-0.15, -0.1) is 0 Å². The number of carboxylic acids is 1. The van der Waals surface area contributed by atoms with Gasteiger partial charge in [0, 0.05) is 25.9 Å². The summed E-state index contributed by atoms with van der Waals surface area (Å²) in [4.78, 5) is 58.2. The Bertz CT molecular complexity index is 862. The van der Waals surface area contributed by atoms with Crippen molar-refractivity contribution >= 4 is 29.6 Å². The molecule has 0 aliphatic heterocycles. The highest BCUT2D eigenvalue weighted by Gasteiger charge is 2.20. The molecule has 0 aromatic rings. The van der Waals surface area contributed by atoms with E-state index in [-0.39, 0.29) is 96.4 Å². The first-order valence-corrected chi connectivity index (χ1v) is 18.4. The van der Waals surface area contributed by atoms with Gasteiger partial charge in [-0.3, -0.25) is 19.2 Å². The van der Waals surface area contributed by atoms with Crippen LogP contribution in [0, 0.1) is 0 Å². The second-order valence-corrected chi connectivity index (χ2v) is 12.2. The van der Waals surface area contributed by atoms with E-state index in [0.29, 0.717) is 6.54 Å². The second-order valence-electron chi connectivity index (χ2n) is 12.2. The van der Waals surface area contributed by atoms with Crippen LogP contribution < -0.4 is 21.7 Å². The van der Waals surface area contributed by atoms with E-state index in [0.717, 1.165) is 19.3 Å². The van der Waals surface area contributed by atoms with E-state index in [1.807, 2.05) is 0 Å². The number of primary amides is 1. The first kappa shape index (κ1) is 46.2. The Hall–Kier alpha value is -2.81. The topological polar surface area (TPSA) is 205 Å². The molecule has 1 unspecified atom stereocenters. The summed E-state index contributed by atoms with van der Waals surface area (Å²) < 4.78 is 20.8. The third-order valence-corrected chi connectivity index (χ3v) is 7.66. The summed E-state index contributed by atoms with van der Waals surface area (Å²) in [5, 5.41) is 17.3. The van der Waals surface area contributed by atoms with Crippen LogP contribution in [0.3, 0.4) is 0 Å². The van der Waals surface area contributed by atoms with Crippen LogP contribution in [0.15, 0.2) is 0 Å². The van der Waals surface area contributed by atoms with E-state index >= 15 is 0 Å². The molecule has 0 aromatic carbocycles. The Kier molecular flexibility index (Phi) is 33.0. The zero-order valence-corrected chi connectivity index (χ0v) is 30.1. The van der Waals surface area contributed by atoms with E-state index < -0.39 is 17.9 Å². The summed E-state index contributed by atoms with van der Waals surface area (Å²) in [5.41, 5.74) is 4.94. The SMILES string of the molecule is CCCCCCCCCCCCCCCCCC(=O)NC(CCC(=O)NCCOCCOCC(=O)NCCOCCOCC(N)=O)C(=O)O. The number of nitrogens with two attached hydrogens (primary N) is 1. The molecule has 0 aliphatic carbocycles. The number of ether oxygens (including phenoxy) is 4. The highest BCUT2D eigenvalue weighted by molar-refractivity contribution is 5.84. The van der Waals surface area contributed by atoms with Crippen LogP contribution in [0.4, 0.5) is 0 Å². The molecule has 49 heavy (non-hydrogen) atoms. The predicted octanol–water partition coefficient (Wildman–Crippen LogP) is 3.38. The molecule has 0 saturated carbocycles. The highest BCUT2D eigenvalue weighted by atomic mass is 16.5. The van der Waals surface area contributed by atoms with Gasteiger partial charge in [-0.05, 0) is 12.8 Å². The maximum atomic E-state index is 12.3. The number of amides is 4. The van der Waals surface area contributed by atoms with Crippen LogP contribution in [0.5, 0.6) is 0 Å². The molecule has 0 bridgehead atoms. The van der Waals surface area contributed by atoms with Crippen molar-refractivity contribution in [3.63, 3.8) is 0 Å². The predicted molar refractivity (Wildman–Crippen MR) is 187 cm³/mol. The molecule has 0 heterocycles. The monoisotopic (exact) mass is 702 g/mol. The van der Waals surface area contributed by atoms with Gasteiger partial charge in [-0.2, -0.15) is 0 Å². The molecule has 0 rings (SSSR count). The van der Waals surface area contributed by atoms with Crippen LogP contribution in [-0.4, -0.2) is 107 Å². The smallest absolute Gasteiger partial charge is 0.326 e. The van der Waals surface area contributed by atoms with Crippen LogP contribution in [0.2, 0.25) is 0 Å². The summed E-state index contributed by atoms with van der Waals surface area (Å²) in [6.45, 7) is 3.91. The van der Waals surface area contributed by atoms with Gasteiger partial charge in [0.15, 0.2) is 0 Å². The quantitative estimate of drug-likeness (QED) is 0.0597. The van der Waals surface area contributed by atoms with Crippen molar-refractivity contribution in [3.05, 3.63) is 0 Å². The molecule has 6 N–H and O–H groups in total. The molecule has 0 fully saturated rings. The number of nitrogens with one attached hydrogen (secondary N) is 3. The van der Waals surface area contributed by atoms with Crippen molar-refractivity contribution in [3.8, 4) is 0 Å². The zero-order valence-electron chi connectivity index (χ0n) is 30.1. The van der Waals surface area contributed by atoms with Gasteiger partial charge in [-0.1, -0.05) is 96.8 Å². The molecule has 1 atom stereocenters. The zero-order chi connectivity index (χ0) is 36.2. The first-order valence-electron chi connectivity index (χ1n) is 18.4. The number of carboxylic acid groups (broad SMARTS) is 1. The molecule has 0 saturated heterocycles. The lowest BCUT2D eigenvalue weighted by molar-refractivity contribution is -0.142. The third-order valence-electron chi connectivity index (χ3n) is 7.66. The number of carbonyl (C=O) groups excluding carboxylic acids is 4. The summed E-state index contributed by atoms with van der Waals surface area (Å²) in [5.74, 6) is -2.65. The number of unbranched alkanes of at least 4 members (excludes halogenated alkanes) is 14. The van der Waals surface area contributed by atoms with Crippen LogP contribution >= 0.6 is 0 Å². The molecule has 0 radical (unpaired) electrons. The summed E-state index contributed by atoms with van der Waals surface area (Å²) in [6, 6.07) is -1.11. The molecule has 4 amide bonds. The fourth-order valence-corrected chi connectivity index (χ4v) is 4.90. The fourth-order valence-electron chi connectivity index (χ4n) is 4.90. The second kappa shape index (κ2) is 35.0. The molecule has 14 heteroatoms. The van der Waals surface area contributed by atoms with Gasteiger partial charge < -0.3 is 45.7 Å². The Morgan fingerprint density at radius 3 is 1.49 bits per heavy atom. The van der Waals surface area contributed by atoms with Crippen molar-refractivity contribution in [1.29, 1.82) is 0 Å². The molecule has 0 spiro atoms. The molecule has 14 nitrogen and oxygen atoms in total. The van der Waals surface area contributed by atoms with Gasteiger partial charge in [0.2, 0.25) is 23.6 Å². The van der Waals surface area contributed by atoms with Crippen molar-refractivity contribution < 1.29 is 48.0 Å². The molecular weight excluding hydrogens is 636 g/mol. The van der Waals surface area contributed by atoms with Gasteiger partial charge in [0.1, 0.15) is 19.3 Å². The normalized spacial score (nSPS) is 11.6. The third kappa shape index (κ3) is 34.8. The van der Waals surface area contributed by atoms with Gasteiger partial charge in [0.05, 0.1) is 39.6 Å². The van der Waals surface area contributed by atoms with E-state index in [1.165, 1.54) is 77.0 Å². The van der Waals surface area contributed by atoms with Crippen LogP contribution in [0.25, 0.3) is 0 Å². The Balaban J connectivity index is 3.67. The van der Waals surface area contributed by atoms with E-state index in [4.69, 9.17) is 24.7 Å². The Morgan fingerprint density at radius 1 is 0.551 bits per heavy atom. The molecule has 286 valence electrons. The van der Waals surface area contributed by atoms with Crippen LogP contribution in [-0.2, 0) is 42.9 Å². The lowest BCUT2D eigenvalue weighted by atomic mass is 10.0. The van der Waals surface area contributed by atoms with Crippen molar-refractivity contribution in [1.82, 2.24) is 16.0 Å². The van der Waals surface area contributed by atoms with Gasteiger partial charge in [0.25, 0.3) is 0 Å². The van der Waals surface area contributed by atoms with E-state index in [1.54, 1.807) is 0 Å². The number of carbonyl (C=O) groups is 5. The van der Waals surface area contributed by atoms with E-state index in [9.17, 15) is 29.1 Å². The first-order chi connectivity index (χ1) is 23.8. The number of hydrogen-bond acceptors (Lipinski definition) is 9. The minimum absolute atomic E-state index is 0.0000233. The van der Waals surface area contributed by atoms with Gasteiger partial charge in [-0.25, -0.2) is 4.79 Å². The number of rotatable bonds is 37. The Labute approximate surface area is 293 Å². The Morgan fingerprint density at radius 2 is 1.00 bits per heavy atom. The fraction of sp³-hybridized carbons (Fsp3) is 0.857.